The zero-order valence-electron chi connectivity index (χ0n) is 11.0. The summed E-state index contributed by atoms with van der Waals surface area (Å²) in [5, 5.41) is 53.6. The Morgan fingerprint density at radius 1 is 0.480 bits per heavy atom. The minimum Gasteiger partial charge on any atom is -0.543 e. The molecule has 0 aliphatic rings. The monoisotopic (exact) mass is 642 g/mol. The van der Waals surface area contributed by atoms with Gasteiger partial charge in [0.15, 0.2) is 0 Å². The number of hydrogen-bond donors (Lipinski definition) is 2. The van der Waals surface area contributed by atoms with Crippen molar-refractivity contribution in [3.05, 3.63) is 0 Å². The summed E-state index contributed by atoms with van der Waals surface area (Å²) in [6, 6.07) is 0. The van der Waals surface area contributed by atoms with Crippen molar-refractivity contribution in [2.24, 2.45) is 0 Å². The van der Waals surface area contributed by atoms with Crippen molar-refractivity contribution < 1.29 is 160 Å². The number of rotatable bonds is 0. The van der Waals surface area contributed by atoms with Crippen molar-refractivity contribution in [2.75, 3.05) is 0 Å². The van der Waals surface area contributed by atoms with Gasteiger partial charge in [0.2, 0.25) is 0 Å². The molecule has 0 bridgehead atoms. The third-order valence-electron chi connectivity index (χ3n) is 0.500. The molecule has 0 atom stereocenters. The predicted molar refractivity (Wildman–Crippen MR) is 44.2 cm³/mol. The van der Waals surface area contributed by atoms with Crippen LogP contribution >= 0.6 is 0 Å². The summed E-state index contributed by atoms with van der Waals surface area (Å²) in [4.78, 5) is 53.6. The molecule has 0 rings (SSSR count). The van der Waals surface area contributed by atoms with Crippen LogP contribution in [0.5, 0.6) is 0 Å². The van der Waals surface area contributed by atoms with Crippen LogP contribution in [0.15, 0.2) is 0 Å². The third kappa shape index (κ3) is 82.3. The summed E-state index contributed by atoms with van der Waals surface area (Å²) in [5.74, 6) is -13.1. The van der Waals surface area contributed by atoms with Crippen molar-refractivity contribution in [3.8, 4) is 0 Å². The number of carboxylic acids is 6. The average molecular weight is 642 g/mol. The summed E-state index contributed by atoms with van der Waals surface area (Å²) in [7, 11) is -4.67. The fourth-order valence-electron chi connectivity index (χ4n) is 0. The second-order valence-corrected chi connectivity index (χ2v) is 3.07. The number of carbonyl (C=O) groups excluding carboxylic acids is 6. The van der Waals surface area contributed by atoms with E-state index in [0.717, 1.165) is 0 Å². The number of carboxylic acid groups (broad SMARTS) is 6. The van der Waals surface area contributed by atoms with Crippen LogP contribution in [0.4, 0.5) is 0 Å². The fourth-order valence-corrected chi connectivity index (χ4v) is 0. The quantitative estimate of drug-likeness (QED) is 0.183. The van der Waals surface area contributed by atoms with Crippen molar-refractivity contribution in [2.45, 2.75) is 0 Å². The van der Waals surface area contributed by atoms with Gasteiger partial charge >= 0.3 is 93.9 Å². The van der Waals surface area contributed by atoms with E-state index in [0.29, 0.717) is 0 Å². The second-order valence-electron chi connectivity index (χ2n) is 2.17. The van der Waals surface area contributed by atoms with Crippen molar-refractivity contribution in [1.29, 1.82) is 0 Å². The first-order valence-corrected chi connectivity index (χ1v) is 5.29. The Morgan fingerprint density at radius 3 is 0.520 bits per heavy atom. The second kappa shape index (κ2) is 21.5. The Kier molecular flexibility index (Phi) is 33.9. The molecule has 2 N–H and O–H groups in total. The molecule has 136 valence electrons. The van der Waals surface area contributed by atoms with Gasteiger partial charge in [-0.05, 0) is 0 Å². The SMILES string of the molecule is O=C([O-])C(=O)[O-].O=C([O-])C(=O)[O-].O=C([O-])C(=O)[O-].O=S(=O)(O)O.[Ce+3].[Ce+3]. The van der Waals surface area contributed by atoms with E-state index < -0.39 is 46.2 Å². The van der Waals surface area contributed by atoms with Crippen LogP contribution in [0, 0.1) is 83.5 Å². The van der Waals surface area contributed by atoms with Gasteiger partial charge in [0.25, 0.3) is 0 Å². The Balaban J connectivity index is -0.0000000470. The third-order valence-corrected chi connectivity index (χ3v) is 0.500. The Hall–Kier alpha value is -0.557. The summed E-state index contributed by atoms with van der Waals surface area (Å²) in [5.41, 5.74) is 0. The zero-order valence-corrected chi connectivity index (χ0v) is 18.1. The maximum atomic E-state index is 8.93. The maximum absolute atomic E-state index is 8.93. The summed E-state index contributed by atoms with van der Waals surface area (Å²) in [6.45, 7) is 0. The first-order chi connectivity index (χ1) is 9.93. The molecule has 0 amide bonds. The number of hydrogen-bond acceptors (Lipinski definition) is 14. The Bertz CT molecular complexity index is 462. The molecule has 0 unspecified atom stereocenters. The topological polar surface area (TPSA) is 315 Å². The van der Waals surface area contributed by atoms with E-state index in [-0.39, 0.29) is 83.5 Å². The maximum Gasteiger partial charge on any atom is 3.00 e. The number of carbonyl (C=O) groups is 6. The fraction of sp³-hybridized carbons (Fsp3) is 0. The molecular formula is C6H2Ce2O16S. The molecule has 2 radical (unpaired) electrons. The van der Waals surface area contributed by atoms with Gasteiger partial charge in [0, 0.05) is 0 Å². The van der Waals surface area contributed by atoms with E-state index in [9.17, 15) is 0 Å². The van der Waals surface area contributed by atoms with Gasteiger partial charge in [-0.1, -0.05) is 0 Å². The van der Waals surface area contributed by atoms with Gasteiger partial charge in [0.1, 0.15) is 0 Å². The molecular weight excluding hydrogens is 640 g/mol. The molecule has 0 saturated heterocycles. The van der Waals surface area contributed by atoms with E-state index in [1.54, 1.807) is 0 Å². The molecule has 0 aromatic rings. The van der Waals surface area contributed by atoms with Crippen LogP contribution in [-0.4, -0.2) is 53.3 Å². The molecule has 16 nitrogen and oxygen atoms in total. The minimum atomic E-state index is -4.67. The van der Waals surface area contributed by atoms with Crippen LogP contribution in [0.25, 0.3) is 0 Å². The molecule has 0 heterocycles. The predicted octanol–water partition coefficient (Wildman–Crippen LogP) is -11.2. The summed E-state index contributed by atoms with van der Waals surface area (Å²) in [6.07, 6.45) is 0. The van der Waals surface area contributed by atoms with Gasteiger partial charge in [0.05, 0.1) is 35.8 Å². The first kappa shape index (κ1) is 39.5. The molecule has 0 aliphatic heterocycles. The van der Waals surface area contributed by atoms with E-state index >= 15 is 0 Å². The molecule has 0 aromatic heterocycles. The molecule has 0 aromatic carbocycles. The Labute approximate surface area is 204 Å². The van der Waals surface area contributed by atoms with Gasteiger partial charge < -0.3 is 59.4 Å². The number of aliphatic carboxylic acids is 6. The Morgan fingerprint density at radius 2 is 0.520 bits per heavy atom. The molecule has 19 heteroatoms. The van der Waals surface area contributed by atoms with Crippen LogP contribution < -0.4 is 30.6 Å². The molecule has 0 fully saturated rings. The summed E-state index contributed by atoms with van der Waals surface area (Å²) < 4.78 is 31.6. The van der Waals surface area contributed by atoms with Crippen LogP contribution in [0.3, 0.4) is 0 Å². The van der Waals surface area contributed by atoms with Gasteiger partial charge in [-0.15, -0.1) is 0 Å². The zero-order chi connectivity index (χ0) is 20.0. The van der Waals surface area contributed by atoms with E-state index in [2.05, 4.69) is 0 Å². The molecule has 25 heavy (non-hydrogen) atoms. The van der Waals surface area contributed by atoms with Crippen LogP contribution in [0.2, 0.25) is 0 Å². The minimum absolute atomic E-state index is 0. The molecule has 0 spiro atoms. The standard InChI is InChI=1S/3C2H2O4.2Ce.H2O4S/c3*3-1(4)2(5)6;;;1-5(2,3)4/h3*(H,3,4)(H,5,6);;;(H2,1,2,3,4)/q;;;2*+3;/p-6. The molecule has 0 aliphatic carbocycles. The van der Waals surface area contributed by atoms with Crippen molar-refractivity contribution in [3.63, 3.8) is 0 Å². The van der Waals surface area contributed by atoms with Gasteiger partial charge in [-0.3, -0.25) is 9.11 Å². The molecule has 0 saturated carbocycles. The largest absolute Gasteiger partial charge is 3.00 e. The van der Waals surface area contributed by atoms with E-state index in [4.69, 9.17) is 76.9 Å². The normalized spacial score (nSPS) is 7.60. The van der Waals surface area contributed by atoms with Gasteiger partial charge in [-0.25, -0.2) is 0 Å². The smallest absolute Gasteiger partial charge is 0.543 e. The van der Waals surface area contributed by atoms with E-state index in [1.165, 1.54) is 0 Å². The van der Waals surface area contributed by atoms with Gasteiger partial charge in [-0.2, -0.15) is 8.42 Å². The first-order valence-electron chi connectivity index (χ1n) is 3.90. The van der Waals surface area contributed by atoms with Crippen molar-refractivity contribution >= 4 is 46.2 Å². The van der Waals surface area contributed by atoms with Crippen LogP contribution in [-0.2, 0) is 39.2 Å². The van der Waals surface area contributed by atoms with E-state index in [1.807, 2.05) is 0 Å². The average Bonchev–Trinajstić information content (AvgIpc) is 2.27. The van der Waals surface area contributed by atoms with Crippen LogP contribution in [0.1, 0.15) is 0 Å². The van der Waals surface area contributed by atoms with Crippen molar-refractivity contribution in [1.82, 2.24) is 0 Å². The summed E-state index contributed by atoms with van der Waals surface area (Å²) >= 11 is 0.